The van der Waals surface area contributed by atoms with E-state index in [9.17, 15) is 5.11 Å². The van der Waals surface area contributed by atoms with Crippen LogP contribution >= 0.6 is 0 Å². The highest BCUT2D eigenvalue weighted by molar-refractivity contribution is 5.51. The number of benzene rings is 1. The van der Waals surface area contributed by atoms with Gasteiger partial charge in [0.05, 0.1) is 11.6 Å². The van der Waals surface area contributed by atoms with Crippen molar-refractivity contribution in [3.05, 3.63) is 60.0 Å². The largest absolute Gasteiger partial charge is 0.420 e. The number of aliphatic hydroxyl groups is 1. The summed E-state index contributed by atoms with van der Waals surface area (Å²) in [4.78, 5) is 0. The zero-order chi connectivity index (χ0) is 20.3. The van der Waals surface area contributed by atoms with Crippen LogP contribution in [0.2, 0.25) is 0 Å². The standard InChI is InChI=1S/C24H31N3O2/c1-24(2,28)21(17-9-5-3-6-10-17)25-20-15-13-19(14-16-20)23-27-26-22(29-23)18-11-7-4-8-12-18/h4-5,7-12,19-21,25,28H,3,6,13-16H2,1-2H3. The Kier molecular flexibility index (Phi) is 5.97. The van der Waals surface area contributed by atoms with E-state index in [1.165, 1.54) is 5.57 Å². The van der Waals surface area contributed by atoms with Gasteiger partial charge < -0.3 is 14.8 Å². The summed E-state index contributed by atoms with van der Waals surface area (Å²) in [6, 6.07) is 10.3. The van der Waals surface area contributed by atoms with Crippen LogP contribution in [-0.4, -0.2) is 33.0 Å². The summed E-state index contributed by atoms with van der Waals surface area (Å²) in [7, 11) is 0. The lowest BCUT2D eigenvalue weighted by atomic mass is 9.83. The van der Waals surface area contributed by atoms with Gasteiger partial charge in [0, 0.05) is 17.5 Å². The van der Waals surface area contributed by atoms with E-state index in [1.807, 2.05) is 44.2 Å². The SMILES string of the molecule is CC(C)(O)C(NC1CCC(c2nnc(-c3ccccc3)o2)CC1)C1=CCCC=C1. The normalized spacial score (nSPS) is 23.6. The van der Waals surface area contributed by atoms with E-state index in [2.05, 4.69) is 33.7 Å². The topological polar surface area (TPSA) is 71.2 Å². The van der Waals surface area contributed by atoms with Crippen molar-refractivity contribution in [3.63, 3.8) is 0 Å². The Morgan fingerprint density at radius 1 is 1.07 bits per heavy atom. The second-order valence-electron chi connectivity index (χ2n) is 8.80. The molecule has 1 fully saturated rings. The van der Waals surface area contributed by atoms with E-state index in [0.717, 1.165) is 50.0 Å². The first-order valence-corrected chi connectivity index (χ1v) is 10.7. The molecule has 0 saturated heterocycles. The van der Waals surface area contributed by atoms with Crippen molar-refractivity contribution < 1.29 is 9.52 Å². The molecular weight excluding hydrogens is 362 g/mol. The Bertz CT molecular complexity index is 856. The molecule has 154 valence electrons. The smallest absolute Gasteiger partial charge is 0.247 e. The van der Waals surface area contributed by atoms with Crippen LogP contribution in [0.3, 0.4) is 0 Å². The fourth-order valence-corrected chi connectivity index (χ4v) is 4.40. The first kappa shape index (κ1) is 20.0. The van der Waals surface area contributed by atoms with Gasteiger partial charge in [-0.3, -0.25) is 0 Å². The summed E-state index contributed by atoms with van der Waals surface area (Å²) < 4.78 is 5.97. The van der Waals surface area contributed by atoms with Crippen molar-refractivity contribution in [2.45, 2.75) is 76.0 Å². The number of aromatic nitrogens is 2. The van der Waals surface area contributed by atoms with Gasteiger partial charge in [-0.1, -0.05) is 36.4 Å². The maximum absolute atomic E-state index is 10.7. The van der Waals surface area contributed by atoms with Crippen LogP contribution in [-0.2, 0) is 0 Å². The van der Waals surface area contributed by atoms with E-state index >= 15 is 0 Å². The van der Waals surface area contributed by atoms with E-state index in [0.29, 0.717) is 17.9 Å². The van der Waals surface area contributed by atoms with Crippen LogP contribution in [0, 0.1) is 0 Å². The third kappa shape index (κ3) is 4.85. The van der Waals surface area contributed by atoms with Crippen LogP contribution in [0.4, 0.5) is 0 Å². The molecule has 5 nitrogen and oxygen atoms in total. The maximum atomic E-state index is 10.7. The molecule has 29 heavy (non-hydrogen) atoms. The van der Waals surface area contributed by atoms with Crippen molar-refractivity contribution >= 4 is 0 Å². The van der Waals surface area contributed by atoms with Crippen LogP contribution in [0.1, 0.15) is 64.2 Å². The van der Waals surface area contributed by atoms with Gasteiger partial charge in [-0.05, 0) is 70.1 Å². The minimum absolute atomic E-state index is 0.0475. The Balaban J connectivity index is 1.37. The summed E-state index contributed by atoms with van der Waals surface area (Å²) in [6.07, 6.45) is 12.9. The minimum atomic E-state index is -0.804. The Morgan fingerprint density at radius 3 is 2.48 bits per heavy atom. The van der Waals surface area contributed by atoms with Crippen molar-refractivity contribution in [2.75, 3.05) is 0 Å². The lowest BCUT2D eigenvalue weighted by Crippen LogP contribution is -2.52. The van der Waals surface area contributed by atoms with Gasteiger partial charge in [0.2, 0.25) is 11.8 Å². The Hall–Kier alpha value is -2.24. The van der Waals surface area contributed by atoms with Gasteiger partial charge in [-0.2, -0.15) is 0 Å². The number of rotatable bonds is 6. The van der Waals surface area contributed by atoms with E-state index in [4.69, 9.17) is 4.42 Å². The summed E-state index contributed by atoms with van der Waals surface area (Å²) in [5.74, 6) is 1.66. The van der Waals surface area contributed by atoms with Gasteiger partial charge >= 0.3 is 0 Å². The molecule has 4 rings (SSSR count). The van der Waals surface area contributed by atoms with Crippen molar-refractivity contribution in [3.8, 4) is 11.5 Å². The second kappa shape index (κ2) is 8.64. The third-order valence-corrected chi connectivity index (χ3v) is 6.00. The number of nitrogens with one attached hydrogen (secondary N) is 1. The molecule has 0 radical (unpaired) electrons. The minimum Gasteiger partial charge on any atom is -0.420 e. The number of hydrogen-bond acceptors (Lipinski definition) is 5. The van der Waals surface area contributed by atoms with Crippen LogP contribution < -0.4 is 5.32 Å². The summed E-state index contributed by atoms with van der Waals surface area (Å²) in [5, 5.41) is 23.0. The van der Waals surface area contributed by atoms with Crippen molar-refractivity contribution in [1.82, 2.24) is 15.5 Å². The molecule has 2 aliphatic carbocycles. The fraction of sp³-hybridized carbons (Fsp3) is 0.500. The predicted octanol–water partition coefficient (Wildman–Crippen LogP) is 4.77. The van der Waals surface area contributed by atoms with Gasteiger partial charge in [-0.25, -0.2) is 0 Å². The molecule has 1 aromatic carbocycles. The molecule has 0 bridgehead atoms. The maximum Gasteiger partial charge on any atom is 0.247 e. The van der Waals surface area contributed by atoms with Gasteiger partial charge in [0.15, 0.2) is 0 Å². The van der Waals surface area contributed by atoms with Gasteiger partial charge in [0.1, 0.15) is 0 Å². The summed E-state index contributed by atoms with van der Waals surface area (Å²) in [5.41, 5.74) is 1.36. The highest BCUT2D eigenvalue weighted by Crippen LogP contribution is 2.34. The number of allylic oxidation sites excluding steroid dienone is 2. The molecule has 0 spiro atoms. The average molecular weight is 394 g/mol. The molecule has 2 aliphatic rings. The summed E-state index contributed by atoms with van der Waals surface area (Å²) in [6.45, 7) is 3.78. The van der Waals surface area contributed by atoms with Crippen LogP contribution in [0.5, 0.6) is 0 Å². The first-order chi connectivity index (χ1) is 14.0. The molecule has 0 amide bonds. The molecule has 1 heterocycles. The molecule has 2 N–H and O–H groups in total. The van der Waals surface area contributed by atoms with Crippen LogP contribution in [0.25, 0.3) is 11.5 Å². The fourth-order valence-electron chi connectivity index (χ4n) is 4.40. The quantitative estimate of drug-likeness (QED) is 0.740. The third-order valence-electron chi connectivity index (χ3n) is 6.00. The monoisotopic (exact) mass is 393 g/mol. The molecule has 1 aromatic heterocycles. The zero-order valence-electron chi connectivity index (χ0n) is 17.3. The van der Waals surface area contributed by atoms with E-state index < -0.39 is 5.60 Å². The molecule has 2 aromatic rings. The highest BCUT2D eigenvalue weighted by atomic mass is 16.4. The van der Waals surface area contributed by atoms with Crippen LogP contribution in [0.15, 0.2) is 58.6 Å². The lowest BCUT2D eigenvalue weighted by molar-refractivity contribution is 0.0444. The van der Waals surface area contributed by atoms with E-state index in [1.54, 1.807) is 0 Å². The lowest BCUT2D eigenvalue weighted by Gasteiger charge is -2.37. The Morgan fingerprint density at radius 2 is 1.83 bits per heavy atom. The number of nitrogens with zero attached hydrogens (tertiary/aromatic N) is 2. The molecule has 1 saturated carbocycles. The predicted molar refractivity (Wildman–Crippen MR) is 114 cm³/mol. The van der Waals surface area contributed by atoms with Crippen molar-refractivity contribution in [2.24, 2.45) is 0 Å². The van der Waals surface area contributed by atoms with E-state index in [-0.39, 0.29) is 6.04 Å². The van der Waals surface area contributed by atoms with Gasteiger partial charge in [-0.15, -0.1) is 10.2 Å². The molecule has 1 atom stereocenters. The highest BCUT2D eigenvalue weighted by Gasteiger charge is 2.33. The first-order valence-electron chi connectivity index (χ1n) is 10.7. The Labute approximate surface area is 172 Å². The zero-order valence-corrected chi connectivity index (χ0v) is 17.3. The number of hydrogen-bond donors (Lipinski definition) is 2. The van der Waals surface area contributed by atoms with Gasteiger partial charge in [0.25, 0.3) is 0 Å². The second-order valence-corrected chi connectivity index (χ2v) is 8.80. The molecular formula is C24H31N3O2. The molecule has 0 aliphatic heterocycles. The molecule has 5 heteroatoms. The molecule has 1 unspecified atom stereocenters. The average Bonchev–Trinajstić information content (AvgIpc) is 3.23. The summed E-state index contributed by atoms with van der Waals surface area (Å²) >= 11 is 0. The van der Waals surface area contributed by atoms with Crippen molar-refractivity contribution in [1.29, 1.82) is 0 Å².